The fourth-order valence-electron chi connectivity index (χ4n) is 4.03. The van der Waals surface area contributed by atoms with E-state index in [0.29, 0.717) is 18.7 Å². The largest absolute Gasteiger partial charge is 0.489 e. The molecule has 0 spiro atoms. The highest BCUT2D eigenvalue weighted by atomic mass is 16.5. The maximum atomic E-state index is 12.7. The van der Waals surface area contributed by atoms with Crippen molar-refractivity contribution in [2.75, 3.05) is 19.6 Å². The SMILES string of the molecule is O=C(NC[C@H](c1ccco1)[NH+]1CCCCC1)c1ccc(OCc2ccccc2)cc1. The first-order chi connectivity index (χ1) is 14.8. The summed E-state index contributed by atoms with van der Waals surface area (Å²) in [4.78, 5) is 14.2. The summed E-state index contributed by atoms with van der Waals surface area (Å²) in [6, 6.07) is 21.4. The second kappa shape index (κ2) is 10.1. The molecular formula is C25H29N2O3+. The molecule has 0 unspecified atom stereocenters. The normalized spacial score (nSPS) is 15.5. The standard InChI is InChI=1S/C25H28N2O3/c28-25(21-11-13-22(14-12-21)30-19-20-8-3-1-4-9-20)26-18-23(24-10-7-17-29-24)27-15-5-2-6-16-27/h1,3-4,7-14,17,23H,2,5-6,15-16,18-19H2,(H,26,28)/p+1/t23-/m1/s1. The zero-order valence-corrected chi connectivity index (χ0v) is 17.2. The van der Waals surface area contributed by atoms with Crippen molar-refractivity contribution in [2.24, 2.45) is 0 Å². The van der Waals surface area contributed by atoms with Crippen LogP contribution in [-0.2, 0) is 6.61 Å². The maximum absolute atomic E-state index is 12.7. The molecule has 5 nitrogen and oxygen atoms in total. The van der Waals surface area contributed by atoms with Crippen LogP contribution in [0.25, 0.3) is 0 Å². The molecule has 4 rings (SSSR count). The van der Waals surface area contributed by atoms with Crippen LogP contribution in [0.1, 0.15) is 47.0 Å². The van der Waals surface area contributed by atoms with Crippen LogP contribution in [0.2, 0.25) is 0 Å². The molecule has 0 radical (unpaired) electrons. The van der Waals surface area contributed by atoms with Crippen molar-refractivity contribution in [3.05, 3.63) is 89.9 Å². The summed E-state index contributed by atoms with van der Waals surface area (Å²) in [5, 5.41) is 3.10. The van der Waals surface area contributed by atoms with E-state index in [1.165, 1.54) is 24.2 Å². The van der Waals surface area contributed by atoms with Crippen LogP contribution in [-0.4, -0.2) is 25.5 Å². The zero-order chi connectivity index (χ0) is 20.6. The van der Waals surface area contributed by atoms with E-state index >= 15 is 0 Å². The van der Waals surface area contributed by atoms with Gasteiger partial charge >= 0.3 is 0 Å². The topological polar surface area (TPSA) is 55.9 Å². The van der Waals surface area contributed by atoms with Crippen molar-refractivity contribution in [3.8, 4) is 5.75 Å². The molecule has 0 bridgehead atoms. The molecule has 1 aromatic heterocycles. The summed E-state index contributed by atoms with van der Waals surface area (Å²) in [5.41, 5.74) is 1.75. The van der Waals surface area contributed by atoms with Crippen molar-refractivity contribution >= 4 is 5.91 Å². The number of piperidine rings is 1. The van der Waals surface area contributed by atoms with E-state index in [2.05, 4.69) is 5.32 Å². The Hall–Kier alpha value is -3.05. The van der Waals surface area contributed by atoms with Gasteiger partial charge in [-0.05, 0) is 61.2 Å². The molecule has 1 fully saturated rings. The van der Waals surface area contributed by atoms with Crippen molar-refractivity contribution < 1.29 is 18.8 Å². The molecule has 1 aliphatic rings. The average Bonchev–Trinajstić information content (AvgIpc) is 3.34. The third kappa shape index (κ3) is 5.30. The summed E-state index contributed by atoms with van der Waals surface area (Å²) in [7, 11) is 0. The van der Waals surface area contributed by atoms with Gasteiger partial charge in [-0.1, -0.05) is 30.3 Å². The molecule has 2 N–H and O–H groups in total. The van der Waals surface area contributed by atoms with Gasteiger partial charge in [0.15, 0.2) is 11.8 Å². The van der Waals surface area contributed by atoms with Gasteiger partial charge in [0.05, 0.1) is 25.9 Å². The number of carbonyl (C=O) groups excluding carboxylic acids is 1. The van der Waals surface area contributed by atoms with Gasteiger partial charge in [0, 0.05) is 5.56 Å². The fraction of sp³-hybridized carbons (Fsp3) is 0.320. The number of benzene rings is 2. The lowest BCUT2D eigenvalue weighted by Gasteiger charge is -2.30. The lowest BCUT2D eigenvalue weighted by Crippen LogP contribution is -3.13. The first-order valence-electron chi connectivity index (χ1n) is 10.7. The van der Waals surface area contributed by atoms with Gasteiger partial charge in [-0.2, -0.15) is 0 Å². The Morgan fingerprint density at radius 3 is 2.43 bits per heavy atom. The summed E-state index contributed by atoms with van der Waals surface area (Å²) in [6.45, 7) is 3.31. The highest BCUT2D eigenvalue weighted by Crippen LogP contribution is 2.15. The van der Waals surface area contributed by atoms with Gasteiger partial charge in [-0.3, -0.25) is 4.79 Å². The van der Waals surface area contributed by atoms with Crippen LogP contribution < -0.4 is 15.0 Å². The fourth-order valence-corrected chi connectivity index (χ4v) is 4.03. The molecule has 1 saturated heterocycles. The smallest absolute Gasteiger partial charge is 0.251 e. The maximum Gasteiger partial charge on any atom is 0.251 e. The Bertz CT molecular complexity index is 901. The number of carbonyl (C=O) groups is 1. The van der Waals surface area contributed by atoms with E-state index in [1.807, 2.05) is 66.7 Å². The highest BCUT2D eigenvalue weighted by Gasteiger charge is 2.28. The van der Waals surface area contributed by atoms with Crippen LogP contribution in [0.5, 0.6) is 5.75 Å². The molecule has 5 heteroatoms. The van der Waals surface area contributed by atoms with Gasteiger partial charge in [-0.15, -0.1) is 0 Å². The third-order valence-electron chi connectivity index (χ3n) is 5.71. The molecule has 3 aromatic rings. The van der Waals surface area contributed by atoms with Crippen molar-refractivity contribution in [1.82, 2.24) is 5.32 Å². The number of quaternary nitrogens is 1. The molecule has 1 atom stereocenters. The second-order valence-electron chi connectivity index (χ2n) is 7.80. The van der Waals surface area contributed by atoms with Gasteiger partial charge in [0.25, 0.3) is 5.91 Å². The molecule has 2 aromatic carbocycles. The van der Waals surface area contributed by atoms with Crippen molar-refractivity contribution in [1.29, 1.82) is 0 Å². The highest BCUT2D eigenvalue weighted by molar-refractivity contribution is 5.94. The number of amides is 1. The number of hydrogen-bond donors (Lipinski definition) is 2. The van der Waals surface area contributed by atoms with E-state index in [4.69, 9.17) is 9.15 Å². The van der Waals surface area contributed by atoms with Gasteiger partial charge < -0.3 is 19.4 Å². The van der Waals surface area contributed by atoms with E-state index in [0.717, 1.165) is 30.2 Å². The molecule has 0 aliphatic carbocycles. The third-order valence-corrected chi connectivity index (χ3v) is 5.71. The summed E-state index contributed by atoms with van der Waals surface area (Å²) < 4.78 is 11.5. The Labute approximate surface area is 177 Å². The number of hydrogen-bond acceptors (Lipinski definition) is 3. The minimum absolute atomic E-state index is 0.0717. The van der Waals surface area contributed by atoms with E-state index in [-0.39, 0.29) is 11.9 Å². The molecule has 1 amide bonds. The van der Waals surface area contributed by atoms with E-state index in [9.17, 15) is 4.79 Å². The lowest BCUT2D eigenvalue weighted by atomic mass is 10.1. The minimum Gasteiger partial charge on any atom is -0.489 e. The predicted octanol–water partition coefficient (Wildman–Crippen LogP) is 3.40. The molecule has 0 saturated carbocycles. The van der Waals surface area contributed by atoms with Crippen LogP contribution in [0, 0.1) is 0 Å². The number of rotatable bonds is 8. The average molecular weight is 406 g/mol. The second-order valence-corrected chi connectivity index (χ2v) is 7.80. The van der Waals surface area contributed by atoms with Gasteiger partial charge in [0.1, 0.15) is 12.4 Å². The molecular weight excluding hydrogens is 376 g/mol. The zero-order valence-electron chi connectivity index (χ0n) is 17.2. The van der Waals surface area contributed by atoms with Crippen molar-refractivity contribution in [2.45, 2.75) is 31.9 Å². The number of likely N-dealkylation sites (tertiary alicyclic amines) is 1. The van der Waals surface area contributed by atoms with E-state index in [1.54, 1.807) is 6.26 Å². The minimum atomic E-state index is -0.0717. The first kappa shape index (κ1) is 20.2. The summed E-state index contributed by atoms with van der Waals surface area (Å²) in [5.74, 6) is 1.62. The van der Waals surface area contributed by atoms with Crippen LogP contribution >= 0.6 is 0 Å². The van der Waals surface area contributed by atoms with Gasteiger partial charge in [-0.25, -0.2) is 0 Å². The van der Waals surface area contributed by atoms with E-state index < -0.39 is 0 Å². The summed E-state index contributed by atoms with van der Waals surface area (Å²) >= 11 is 0. The molecule has 2 heterocycles. The Morgan fingerprint density at radius 2 is 1.73 bits per heavy atom. The number of nitrogens with one attached hydrogen (secondary N) is 2. The van der Waals surface area contributed by atoms with Crippen molar-refractivity contribution in [3.63, 3.8) is 0 Å². The molecule has 156 valence electrons. The molecule has 1 aliphatic heterocycles. The monoisotopic (exact) mass is 405 g/mol. The van der Waals surface area contributed by atoms with Crippen LogP contribution in [0.3, 0.4) is 0 Å². The molecule has 30 heavy (non-hydrogen) atoms. The quantitative estimate of drug-likeness (QED) is 0.604. The van der Waals surface area contributed by atoms with Gasteiger partial charge in [0.2, 0.25) is 0 Å². The Balaban J connectivity index is 1.33. The number of furan rings is 1. The lowest BCUT2D eigenvalue weighted by molar-refractivity contribution is -0.936. The predicted molar refractivity (Wildman–Crippen MR) is 116 cm³/mol. The number of ether oxygens (including phenoxy) is 1. The summed E-state index contributed by atoms with van der Waals surface area (Å²) in [6.07, 6.45) is 5.46. The Morgan fingerprint density at radius 1 is 0.967 bits per heavy atom. The Kier molecular flexibility index (Phi) is 6.83. The first-order valence-corrected chi connectivity index (χ1v) is 10.7. The van der Waals surface area contributed by atoms with Crippen LogP contribution in [0.4, 0.5) is 0 Å². The van der Waals surface area contributed by atoms with Crippen LogP contribution in [0.15, 0.2) is 77.4 Å².